The van der Waals surface area contributed by atoms with Crippen LogP contribution in [0.25, 0.3) is 11.0 Å². The first-order valence-corrected chi connectivity index (χ1v) is 10.9. The van der Waals surface area contributed by atoms with Gasteiger partial charge >= 0.3 is 0 Å². The highest BCUT2D eigenvalue weighted by atomic mass is 35.5. The molecule has 0 atom stereocenters. The predicted molar refractivity (Wildman–Crippen MR) is 122 cm³/mol. The highest BCUT2D eigenvalue weighted by molar-refractivity contribution is 6.29. The van der Waals surface area contributed by atoms with Crippen molar-refractivity contribution in [3.8, 4) is 0 Å². The normalized spacial score (nSPS) is 11.4. The first-order chi connectivity index (χ1) is 14.3. The maximum absolute atomic E-state index is 12.6. The average molecular weight is 428 g/mol. The molecular formula is C23H30ClN5O. The van der Waals surface area contributed by atoms with Crippen molar-refractivity contribution in [1.82, 2.24) is 19.7 Å². The van der Waals surface area contributed by atoms with E-state index in [2.05, 4.69) is 36.2 Å². The summed E-state index contributed by atoms with van der Waals surface area (Å²) >= 11 is 6.15. The lowest BCUT2D eigenvalue weighted by Crippen LogP contribution is -2.17. The fourth-order valence-electron chi connectivity index (χ4n) is 3.68. The van der Waals surface area contributed by atoms with E-state index in [1.54, 1.807) is 6.07 Å². The first-order valence-electron chi connectivity index (χ1n) is 10.5. The van der Waals surface area contributed by atoms with Gasteiger partial charge in [0.15, 0.2) is 5.78 Å². The summed E-state index contributed by atoms with van der Waals surface area (Å²) in [6, 6.07) is 5.78. The van der Waals surface area contributed by atoms with Crippen LogP contribution < -0.4 is 5.32 Å². The van der Waals surface area contributed by atoms with Crippen molar-refractivity contribution in [2.45, 2.75) is 59.3 Å². The van der Waals surface area contributed by atoms with Crippen molar-refractivity contribution in [3.63, 3.8) is 0 Å². The molecule has 3 aromatic heterocycles. The zero-order valence-corrected chi connectivity index (χ0v) is 19.2. The van der Waals surface area contributed by atoms with Gasteiger partial charge in [-0.2, -0.15) is 5.10 Å². The number of hydrogen-bond donors (Lipinski definition) is 1. The van der Waals surface area contributed by atoms with Gasteiger partial charge in [0, 0.05) is 19.2 Å². The van der Waals surface area contributed by atoms with Gasteiger partial charge in [-0.25, -0.2) is 9.97 Å². The maximum Gasteiger partial charge on any atom is 0.156 e. The van der Waals surface area contributed by atoms with E-state index in [0.29, 0.717) is 23.3 Å². The number of hydrogen-bond acceptors (Lipinski definition) is 5. The second-order valence-electron chi connectivity index (χ2n) is 8.12. The first kappa shape index (κ1) is 22.2. The minimum Gasteiger partial charge on any atom is -0.363 e. The molecule has 0 fully saturated rings. The summed E-state index contributed by atoms with van der Waals surface area (Å²) in [5.41, 5.74) is 5.82. The van der Waals surface area contributed by atoms with Gasteiger partial charge in [0.2, 0.25) is 0 Å². The van der Waals surface area contributed by atoms with Crippen molar-refractivity contribution in [2.75, 3.05) is 11.9 Å². The number of nitrogens with one attached hydrogen (secondary N) is 1. The number of fused-ring (bicyclic) bond motifs is 1. The Bertz CT molecular complexity index is 1060. The van der Waals surface area contributed by atoms with E-state index < -0.39 is 0 Å². The van der Waals surface area contributed by atoms with Crippen molar-refractivity contribution >= 4 is 34.2 Å². The van der Waals surface area contributed by atoms with Crippen LogP contribution in [0.3, 0.4) is 0 Å². The Hall–Kier alpha value is -2.47. The van der Waals surface area contributed by atoms with Crippen LogP contribution in [-0.4, -0.2) is 32.1 Å². The molecule has 3 heterocycles. The van der Waals surface area contributed by atoms with Crippen LogP contribution in [0.4, 0.5) is 5.82 Å². The Kier molecular flexibility index (Phi) is 7.08. The van der Waals surface area contributed by atoms with E-state index >= 15 is 0 Å². The number of carbonyl (C=O) groups is 1. The minimum atomic E-state index is 0.0783. The van der Waals surface area contributed by atoms with Gasteiger partial charge in [-0.1, -0.05) is 38.8 Å². The van der Waals surface area contributed by atoms with Gasteiger partial charge in [-0.15, -0.1) is 0 Å². The number of halogens is 1. The van der Waals surface area contributed by atoms with Crippen molar-refractivity contribution in [2.24, 2.45) is 7.05 Å². The van der Waals surface area contributed by atoms with Crippen LogP contribution in [0.1, 0.15) is 62.0 Å². The molecule has 6 nitrogen and oxygen atoms in total. The molecule has 0 aromatic carbocycles. The fourth-order valence-corrected chi connectivity index (χ4v) is 3.93. The Labute approximate surface area is 183 Å². The topological polar surface area (TPSA) is 72.7 Å². The van der Waals surface area contributed by atoms with E-state index in [1.807, 2.05) is 30.8 Å². The number of unbranched alkanes of at least 4 members (excludes halogenated alkanes) is 1. The molecule has 0 aliphatic rings. The van der Waals surface area contributed by atoms with Gasteiger partial charge in [0.05, 0.1) is 17.8 Å². The molecule has 0 radical (unpaired) electrons. The van der Waals surface area contributed by atoms with Crippen LogP contribution in [0.2, 0.25) is 5.15 Å². The lowest BCUT2D eigenvalue weighted by molar-refractivity contribution is -0.116. The molecule has 3 aromatic rings. The Balaban J connectivity index is 1.73. The molecule has 0 saturated heterocycles. The molecule has 0 spiro atoms. The van der Waals surface area contributed by atoms with Crippen LogP contribution in [-0.2, 0) is 24.7 Å². The second-order valence-corrected chi connectivity index (χ2v) is 8.51. The van der Waals surface area contributed by atoms with Crippen molar-refractivity contribution < 1.29 is 4.79 Å². The smallest absolute Gasteiger partial charge is 0.156 e. The third kappa shape index (κ3) is 5.17. The van der Waals surface area contributed by atoms with Crippen LogP contribution in [0.15, 0.2) is 18.2 Å². The number of anilines is 1. The zero-order chi connectivity index (χ0) is 21.8. The highest BCUT2D eigenvalue weighted by Crippen LogP contribution is 2.28. The van der Waals surface area contributed by atoms with Gasteiger partial charge < -0.3 is 5.32 Å². The number of pyridine rings is 2. The predicted octanol–water partition coefficient (Wildman–Crippen LogP) is 5.01. The fraction of sp³-hybridized carbons (Fsp3) is 0.478. The lowest BCUT2D eigenvalue weighted by Gasteiger charge is -2.12. The largest absolute Gasteiger partial charge is 0.363 e. The number of carbonyl (C=O) groups excluding carboxylic acids is 1. The molecule has 3 rings (SSSR count). The van der Waals surface area contributed by atoms with Crippen LogP contribution >= 0.6 is 11.6 Å². The molecule has 0 aliphatic carbocycles. The zero-order valence-electron chi connectivity index (χ0n) is 18.4. The molecule has 0 saturated carbocycles. The summed E-state index contributed by atoms with van der Waals surface area (Å²) in [7, 11) is 1.94. The Morgan fingerprint density at radius 1 is 1.23 bits per heavy atom. The summed E-state index contributed by atoms with van der Waals surface area (Å²) in [5.74, 6) is 1.10. The third-order valence-corrected chi connectivity index (χ3v) is 5.37. The molecule has 0 bridgehead atoms. The summed E-state index contributed by atoms with van der Waals surface area (Å²) in [4.78, 5) is 21.7. The summed E-state index contributed by atoms with van der Waals surface area (Å²) in [6.45, 7) is 8.60. The molecule has 0 amide bonds. The number of aromatic nitrogens is 4. The standard InChI is InChI=1S/C23H30ClN5O/c1-6-7-8-17-9-16(11-20(24)26-17)10-18(30)13-25-21-12-19(14(2)3)23-22(27-21)15(4)28-29(23)5/h9,11-12,14H,6-8,10,13H2,1-5H3,(H,25,27). The Morgan fingerprint density at radius 2 is 2.00 bits per heavy atom. The second kappa shape index (κ2) is 9.56. The maximum atomic E-state index is 12.6. The minimum absolute atomic E-state index is 0.0783. The Morgan fingerprint density at radius 3 is 2.70 bits per heavy atom. The monoisotopic (exact) mass is 427 g/mol. The SMILES string of the molecule is CCCCc1cc(CC(=O)CNc2cc(C(C)C)c3c(n2)c(C)nn3C)cc(Cl)n1. The summed E-state index contributed by atoms with van der Waals surface area (Å²) in [5, 5.41) is 8.15. The number of rotatable bonds is 9. The van der Waals surface area contributed by atoms with Crippen molar-refractivity contribution in [3.05, 3.63) is 45.9 Å². The molecule has 7 heteroatoms. The summed E-state index contributed by atoms with van der Waals surface area (Å²) in [6.07, 6.45) is 3.35. The van der Waals surface area contributed by atoms with E-state index in [4.69, 9.17) is 16.6 Å². The summed E-state index contributed by atoms with van der Waals surface area (Å²) < 4.78 is 1.88. The van der Waals surface area contributed by atoms with E-state index in [9.17, 15) is 4.79 Å². The van der Waals surface area contributed by atoms with Gasteiger partial charge in [0.25, 0.3) is 0 Å². The quantitative estimate of drug-likeness (QED) is 0.485. The van der Waals surface area contributed by atoms with Gasteiger partial charge in [-0.3, -0.25) is 9.48 Å². The van der Waals surface area contributed by atoms with Gasteiger partial charge in [-0.05, 0) is 55.0 Å². The van der Waals surface area contributed by atoms with Crippen LogP contribution in [0.5, 0.6) is 0 Å². The molecule has 0 aliphatic heterocycles. The third-order valence-electron chi connectivity index (χ3n) is 5.17. The molecule has 160 valence electrons. The number of aryl methyl sites for hydroxylation is 3. The van der Waals surface area contributed by atoms with E-state index in [1.165, 1.54) is 5.56 Å². The van der Waals surface area contributed by atoms with Crippen LogP contribution in [0, 0.1) is 6.92 Å². The average Bonchev–Trinajstić information content (AvgIpc) is 2.97. The van der Waals surface area contributed by atoms with E-state index in [-0.39, 0.29) is 12.3 Å². The number of nitrogens with zero attached hydrogens (tertiary/aromatic N) is 4. The molecule has 1 N–H and O–H groups in total. The van der Waals surface area contributed by atoms with Crippen molar-refractivity contribution in [1.29, 1.82) is 0 Å². The number of Topliss-reactive ketones (excluding diaryl/α,β-unsaturated/α-hetero) is 1. The highest BCUT2D eigenvalue weighted by Gasteiger charge is 2.16. The molecule has 30 heavy (non-hydrogen) atoms. The molecule has 0 unspecified atom stereocenters. The molecular weight excluding hydrogens is 398 g/mol. The lowest BCUT2D eigenvalue weighted by atomic mass is 10.0. The number of ketones is 1. The van der Waals surface area contributed by atoms with E-state index in [0.717, 1.165) is 47.2 Å². The van der Waals surface area contributed by atoms with Gasteiger partial charge in [0.1, 0.15) is 16.5 Å².